The molecule has 0 unspecified atom stereocenters. The monoisotopic (exact) mass is 474 g/mol. The van der Waals surface area contributed by atoms with Gasteiger partial charge in [0.05, 0.1) is 6.54 Å². The van der Waals surface area contributed by atoms with E-state index in [2.05, 4.69) is 33.2 Å². The van der Waals surface area contributed by atoms with Gasteiger partial charge in [-0.1, -0.05) is 6.07 Å². The van der Waals surface area contributed by atoms with Crippen LogP contribution >= 0.6 is 35.3 Å². The third-order valence-electron chi connectivity index (χ3n) is 3.67. The Morgan fingerprint density at radius 3 is 2.76 bits per heavy atom. The molecule has 2 heterocycles. The maximum Gasteiger partial charge on any atom is 0.194 e. The van der Waals surface area contributed by atoms with E-state index in [4.69, 9.17) is 9.47 Å². The third-order valence-corrected chi connectivity index (χ3v) is 4.58. The Labute approximate surface area is 169 Å². The number of guanidine groups is 1. The van der Waals surface area contributed by atoms with E-state index < -0.39 is 0 Å². The molecule has 0 saturated heterocycles. The Morgan fingerprint density at radius 1 is 1.32 bits per heavy atom. The van der Waals surface area contributed by atoms with E-state index in [1.807, 2.05) is 25.4 Å². The summed E-state index contributed by atoms with van der Waals surface area (Å²) in [4.78, 5) is 12.0. The fraction of sp³-hybridized carbons (Fsp3) is 0.412. The van der Waals surface area contributed by atoms with Crippen molar-refractivity contribution in [1.82, 2.24) is 15.2 Å². The summed E-state index contributed by atoms with van der Waals surface area (Å²) in [6.07, 6.45) is 1.89. The van der Waals surface area contributed by atoms with Crippen LogP contribution in [0.4, 0.5) is 0 Å². The van der Waals surface area contributed by atoms with Gasteiger partial charge >= 0.3 is 0 Å². The van der Waals surface area contributed by atoms with Crippen molar-refractivity contribution < 1.29 is 9.47 Å². The zero-order chi connectivity index (χ0) is 16.9. The first-order valence-electron chi connectivity index (χ1n) is 7.87. The maximum absolute atomic E-state index is 5.64. The highest BCUT2D eigenvalue weighted by Gasteiger charge is 2.13. The number of halogens is 1. The Bertz CT molecular complexity index is 735. The average molecular weight is 474 g/mol. The number of rotatable bonds is 4. The minimum Gasteiger partial charge on any atom is -0.486 e. The second-order valence-electron chi connectivity index (χ2n) is 5.60. The van der Waals surface area contributed by atoms with Crippen LogP contribution in [0.15, 0.2) is 29.4 Å². The van der Waals surface area contributed by atoms with E-state index in [0.29, 0.717) is 19.8 Å². The number of nitrogens with one attached hydrogen (secondary N) is 1. The highest BCUT2D eigenvalue weighted by atomic mass is 127. The van der Waals surface area contributed by atoms with Crippen LogP contribution < -0.4 is 14.8 Å². The molecule has 3 rings (SSSR count). The zero-order valence-corrected chi connectivity index (χ0v) is 17.8. The molecule has 1 aliphatic heterocycles. The van der Waals surface area contributed by atoms with Gasteiger partial charge in [0.1, 0.15) is 18.2 Å². The SMILES string of the molecule is CN=C(NCc1ncc(C)s1)N(C)Cc1ccc2c(c1)OCCO2.I. The van der Waals surface area contributed by atoms with Gasteiger partial charge in [0.2, 0.25) is 0 Å². The maximum atomic E-state index is 5.64. The van der Waals surface area contributed by atoms with Crippen LogP contribution in [0.2, 0.25) is 0 Å². The fourth-order valence-corrected chi connectivity index (χ4v) is 3.28. The summed E-state index contributed by atoms with van der Waals surface area (Å²) >= 11 is 1.69. The Kier molecular flexibility index (Phi) is 7.30. The summed E-state index contributed by atoms with van der Waals surface area (Å²) in [6, 6.07) is 6.05. The van der Waals surface area contributed by atoms with Gasteiger partial charge in [-0.3, -0.25) is 4.99 Å². The summed E-state index contributed by atoms with van der Waals surface area (Å²) in [6.45, 7) is 4.68. The smallest absolute Gasteiger partial charge is 0.194 e. The van der Waals surface area contributed by atoms with Gasteiger partial charge in [0, 0.05) is 31.7 Å². The largest absolute Gasteiger partial charge is 0.486 e. The molecule has 1 aromatic heterocycles. The summed E-state index contributed by atoms with van der Waals surface area (Å²) < 4.78 is 11.2. The van der Waals surface area contributed by atoms with Crippen molar-refractivity contribution in [2.75, 3.05) is 27.3 Å². The first-order valence-corrected chi connectivity index (χ1v) is 8.69. The minimum absolute atomic E-state index is 0. The first kappa shape index (κ1) is 19.8. The molecule has 0 bridgehead atoms. The molecule has 0 amide bonds. The number of aromatic nitrogens is 1. The van der Waals surface area contributed by atoms with Crippen LogP contribution in [0.3, 0.4) is 0 Å². The van der Waals surface area contributed by atoms with Gasteiger partial charge in [-0.15, -0.1) is 35.3 Å². The van der Waals surface area contributed by atoms with Crippen molar-refractivity contribution >= 4 is 41.3 Å². The molecule has 0 radical (unpaired) electrons. The highest BCUT2D eigenvalue weighted by molar-refractivity contribution is 14.0. The fourth-order valence-electron chi connectivity index (χ4n) is 2.56. The first-order chi connectivity index (χ1) is 11.7. The molecule has 1 aromatic carbocycles. The molecule has 0 fully saturated rings. The van der Waals surface area contributed by atoms with Crippen LogP contribution in [-0.2, 0) is 13.1 Å². The number of aliphatic imine (C=N–C) groups is 1. The second kappa shape index (κ2) is 9.23. The van der Waals surface area contributed by atoms with Crippen molar-refractivity contribution in [3.63, 3.8) is 0 Å². The minimum atomic E-state index is 0. The van der Waals surface area contributed by atoms with Gasteiger partial charge in [-0.2, -0.15) is 0 Å². The predicted molar refractivity (Wildman–Crippen MR) is 111 cm³/mol. The molecule has 2 aromatic rings. The quantitative estimate of drug-likeness (QED) is 0.420. The summed E-state index contributed by atoms with van der Waals surface area (Å²) in [7, 11) is 3.80. The number of hydrogen-bond donors (Lipinski definition) is 1. The summed E-state index contributed by atoms with van der Waals surface area (Å²) in [5.74, 6) is 2.46. The molecular weight excluding hydrogens is 451 g/mol. The normalized spacial score (nSPS) is 13.2. The topological polar surface area (TPSA) is 59.0 Å². The molecule has 0 aliphatic carbocycles. The van der Waals surface area contributed by atoms with Crippen LogP contribution in [0.5, 0.6) is 11.5 Å². The van der Waals surface area contributed by atoms with Gasteiger partial charge in [0.25, 0.3) is 0 Å². The number of fused-ring (bicyclic) bond motifs is 1. The van der Waals surface area contributed by atoms with Crippen LogP contribution in [-0.4, -0.2) is 43.2 Å². The van der Waals surface area contributed by atoms with Gasteiger partial charge in [-0.05, 0) is 24.6 Å². The van der Waals surface area contributed by atoms with Crippen molar-refractivity contribution in [2.45, 2.75) is 20.0 Å². The highest BCUT2D eigenvalue weighted by Crippen LogP contribution is 2.31. The molecule has 0 saturated carbocycles. The van der Waals surface area contributed by atoms with Crippen LogP contribution in [0.1, 0.15) is 15.4 Å². The lowest BCUT2D eigenvalue weighted by molar-refractivity contribution is 0.171. The number of aryl methyl sites for hydroxylation is 1. The lowest BCUT2D eigenvalue weighted by Crippen LogP contribution is -2.38. The van der Waals surface area contributed by atoms with E-state index in [9.17, 15) is 0 Å². The predicted octanol–water partition coefficient (Wildman–Crippen LogP) is 3.05. The van der Waals surface area contributed by atoms with Crippen molar-refractivity contribution in [3.8, 4) is 11.5 Å². The standard InChI is InChI=1S/C17H22N4O2S.HI/c1-12-9-19-16(24-12)10-20-17(18-2)21(3)11-13-4-5-14-15(8-13)23-7-6-22-14;/h4-5,8-9H,6-7,10-11H2,1-3H3,(H,18,20);1H. The van der Waals surface area contributed by atoms with Crippen molar-refractivity contribution in [1.29, 1.82) is 0 Å². The zero-order valence-electron chi connectivity index (χ0n) is 14.6. The van der Waals surface area contributed by atoms with E-state index >= 15 is 0 Å². The van der Waals surface area contributed by atoms with E-state index in [1.54, 1.807) is 18.4 Å². The number of hydrogen-bond acceptors (Lipinski definition) is 5. The summed E-state index contributed by atoms with van der Waals surface area (Å²) in [5, 5.41) is 4.41. The lowest BCUT2D eigenvalue weighted by atomic mass is 10.2. The van der Waals surface area contributed by atoms with Crippen LogP contribution in [0, 0.1) is 6.92 Å². The van der Waals surface area contributed by atoms with Crippen LogP contribution in [0.25, 0.3) is 0 Å². The second-order valence-corrected chi connectivity index (χ2v) is 6.92. The number of ether oxygens (including phenoxy) is 2. The molecule has 6 nitrogen and oxygen atoms in total. The van der Waals surface area contributed by atoms with Crippen molar-refractivity contribution in [3.05, 3.63) is 39.8 Å². The van der Waals surface area contributed by atoms with E-state index in [1.165, 1.54) is 4.88 Å². The number of benzene rings is 1. The molecule has 8 heteroatoms. The Morgan fingerprint density at radius 2 is 2.08 bits per heavy atom. The molecule has 0 spiro atoms. The Hall–Kier alpha value is -1.55. The number of thiazole rings is 1. The van der Waals surface area contributed by atoms with E-state index in [0.717, 1.165) is 34.6 Å². The van der Waals surface area contributed by atoms with Gasteiger partial charge < -0.3 is 19.7 Å². The Balaban J connectivity index is 0.00000225. The van der Waals surface area contributed by atoms with Gasteiger partial charge in [0.15, 0.2) is 17.5 Å². The molecule has 136 valence electrons. The van der Waals surface area contributed by atoms with Crippen molar-refractivity contribution in [2.24, 2.45) is 4.99 Å². The number of nitrogens with zero attached hydrogens (tertiary/aromatic N) is 3. The molecule has 1 aliphatic rings. The molecule has 25 heavy (non-hydrogen) atoms. The lowest BCUT2D eigenvalue weighted by Gasteiger charge is -2.23. The van der Waals surface area contributed by atoms with Gasteiger partial charge in [-0.25, -0.2) is 4.98 Å². The molecule has 0 atom stereocenters. The van der Waals surface area contributed by atoms with E-state index in [-0.39, 0.29) is 24.0 Å². The molecule has 1 N–H and O–H groups in total. The molecular formula is C17H23IN4O2S. The average Bonchev–Trinajstić information content (AvgIpc) is 3.00. The summed E-state index contributed by atoms with van der Waals surface area (Å²) in [5.41, 5.74) is 1.15. The third kappa shape index (κ3) is 5.21.